The van der Waals surface area contributed by atoms with Gasteiger partial charge in [-0.05, 0) is 17.7 Å². The second kappa shape index (κ2) is 10.0. The molecule has 0 aliphatic carbocycles. The number of hydrazone groups is 1. The topological polar surface area (TPSA) is 68.5 Å². The van der Waals surface area contributed by atoms with Crippen molar-refractivity contribution in [2.24, 2.45) is 5.10 Å². The lowest BCUT2D eigenvalue weighted by molar-refractivity contribution is -0.120. The SMILES string of the molecule is N#CCC(=O)N/N=C/c1ccc(N(CCCl)CCCl)cc1. The summed E-state index contributed by atoms with van der Waals surface area (Å²) in [4.78, 5) is 13.1. The summed E-state index contributed by atoms with van der Waals surface area (Å²) in [5, 5.41) is 12.1. The summed E-state index contributed by atoms with van der Waals surface area (Å²) in [7, 11) is 0. The fourth-order valence-electron chi connectivity index (χ4n) is 1.64. The Balaban J connectivity index is 2.62. The number of hydrogen-bond donors (Lipinski definition) is 1. The van der Waals surface area contributed by atoms with Crippen LogP contribution in [-0.2, 0) is 4.79 Å². The minimum atomic E-state index is -0.430. The van der Waals surface area contributed by atoms with Crippen molar-refractivity contribution in [3.63, 3.8) is 0 Å². The van der Waals surface area contributed by atoms with Gasteiger partial charge in [-0.3, -0.25) is 4.79 Å². The highest BCUT2D eigenvalue weighted by Gasteiger charge is 2.04. The smallest absolute Gasteiger partial charge is 0.254 e. The van der Waals surface area contributed by atoms with E-state index in [-0.39, 0.29) is 6.42 Å². The van der Waals surface area contributed by atoms with E-state index in [9.17, 15) is 4.79 Å². The zero-order chi connectivity index (χ0) is 15.5. The minimum Gasteiger partial charge on any atom is -0.369 e. The van der Waals surface area contributed by atoms with Gasteiger partial charge in [-0.1, -0.05) is 12.1 Å². The van der Waals surface area contributed by atoms with Crippen LogP contribution in [0.3, 0.4) is 0 Å². The number of rotatable bonds is 8. The van der Waals surface area contributed by atoms with Crippen molar-refractivity contribution in [2.45, 2.75) is 6.42 Å². The summed E-state index contributed by atoms with van der Waals surface area (Å²) in [6.07, 6.45) is 1.31. The van der Waals surface area contributed by atoms with Gasteiger partial charge in [0.2, 0.25) is 0 Å². The van der Waals surface area contributed by atoms with Crippen LogP contribution in [0.15, 0.2) is 29.4 Å². The van der Waals surface area contributed by atoms with Crippen LogP contribution in [0.25, 0.3) is 0 Å². The highest BCUT2D eigenvalue weighted by atomic mass is 35.5. The zero-order valence-electron chi connectivity index (χ0n) is 11.4. The van der Waals surface area contributed by atoms with Crippen LogP contribution < -0.4 is 10.3 Å². The average Bonchev–Trinajstić information content (AvgIpc) is 2.48. The highest BCUT2D eigenvalue weighted by molar-refractivity contribution is 6.18. The summed E-state index contributed by atoms with van der Waals surface area (Å²) in [6, 6.07) is 9.39. The molecule has 0 bridgehead atoms. The molecule has 5 nitrogen and oxygen atoms in total. The second-order valence-corrected chi connectivity index (χ2v) is 4.84. The predicted molar refractivity (Wildman–Crippen MR) is 86.1 cm³/mol. The van der Waals surface area contributed by atoms with Crippen molar-refractivity contribution in [3.8, 4) is 6.07 Å². The molecule has 112 valence electrons. The van der Waals surface area contributed by atoms with Crippen LogP contribution in [0, 0.1) is 11.3 Å². The number of nitriles is 1. The van der Waals surface area contributed by atoms with E-state index in [1.807, 2.05) is 24.3 Å². The molecule has 0 saturated carbocycles. The molecule has 0 spiro atoms. The Morgan fingerprint density at radius 2 is 1.90 bits per heavy atom. The van der Waals surface area contributed by atoms with Crippen molar-refractivity contribution >= 4 is 41.0 Å². The number of carbonyl (C=O) groups excluding carboxylic acids is 1. The molecule has 0 atom stereocenters. The van der Waals surface area contributed by atoms with Gasteiger partial charge in [-0.15, -0.1) is 23.2 Å². The van der Waals surface area contributed by atoms with Gasteiger partial charge in [0.15, 0.2) is 0 Å². The van der Waals surface area contributed by atoms with Gasteiger partial charge in [0.25, 0.3) is 5.91 Å². The maximum atomic E-state index is 11.0. The first-order chi connectivity index (χ1) is 10.2. The Bertz CT molecular complexity index is 505. The molecule has 1 aromatic carbocycles. The lowest BCUT2D eigenvalue weighted by Crippen LogP contribution is -2.27. The maximum Gasteiger partial charge on any atom is 0.254 e. The molecule has 0 aromatic heterocycles. The van der Waals surface area contributed by atoms with E-state index in [2.05, 4.69) is 15.4 Å². The number of nitrogens with zero attached hydrogens (tertiary/aromatic N) is 3. The molecular weight excluding hydrogens is 311 g/mol. The van der Waals surface area contributed by atoms with Crippen molar-refractivity contribution in [2.75, 3.05) is 29.7 Å². The Morgan fingerprint density at radius 1 is 1.29 bits per heavy atom. The van der Waals surface area contributed by atoms with Gasteiger partial charge in [0.05, 0.1) is 12.3 Å². The van der Waals surface area contributed by atoms with E-state index in [0.29, 0.717) is 11.8 Å². The fraction of sp³-hybridized carbons (Fsp3) is 0.357. The molecule has 0 heterocycles. The van der Waals surface area contributed by atoms with Crippen LogP contribution in [0.2, 0.25) is 0 Å². The largest absolute Gasteiger partial charge is 0.369 e. The number of benzene rings is 1. The molecule has 21 heavy (non-hydrogen) atoms. The van der Waals surface area contributed by atoms with Gasteiger partial charge >= 0.3 is 0 Å². The third-order valence-corrected chi connectivity index (χ3v) is 2.95. The summed E-state index contributed by atoms with van der Waals surface area (Å²) < 4.78 is 0. The average molecular weight is 327 g/mol. The normalized spacial score (nSPS) is 10.3. The third kappa shape index (κ3) is 6.48. The van der Waals surface area contributed by atoms with Crippen LogP contribution in [0.4, 0.5) is 5.69 Å². The van der Waals surface area contributed by atoms with Crippen molar-refractivity contribution in [1.82, 2.24) is 5.43 Å². The Labute approximate surface area is 134 Å². The molecule has 0 aliphatic rings. The van der Waals surface area contributed by atoms with E-state index < -0.39 is 5.91 Å². The monoisotopic (exact) mass is 326 g/mol. The van der Waals surface area contributed by atoms with Crippen molar-refractivity contribution < 1.29 is 4.79 Å². The van der Waals surface area contributed by atoms with Crippen LogP contribution in [0.5, 0.6) is 0 Å². The van der Waals surface area contributed by atoms with Crippen molar-refractivity contribution in [1.29, 1.82) is 5.26 Å². The highest BCUT2D eigenvalue weighted by Crippen LogP contribution is 2.14. The van der Waals surface area contributed by atoms with Gasteiger partial charge in [0, 0.05) is 30.5 Å². The Kier molecular flexibility index (Phi) is 8.25. The molecule has 0 radical (unpaired) electrons. The predicted octanol–water partition coefficient (Wildman–Crippen LogP) is 2.33. The van der Waals surface area contributed by atoms with Gasteiger partial charge in [-0.2, -0.15) is 10.4 Å². The lowest BCUT2D eigenvalue weighted by atomic mass is 10.2. The van der Waals surface area contributed by atoms with Gasteiger partial charge in [-0.25, -0.2) is 5.43 Å². The first-order valence-corrected chi connectivity index (χ1v) is 7.44. The summed E-state index contributed by atoms with van der Waals surface area (Å²) in [5.41, 5.74) is 4.14. The van der Waals surface area contributed by atoms with Crippen LogP contribution in [0.1, 0.15) is 12.0 Å². The number of hydrogen-bond acceptors (Lipinski definition) is 4. The summed E-state index contributed by atoms with van der Waals surface area (Å²) in [5.74, 6) is 0.636. The molecule has 1 rings (SSSR count). The number of amides is 1. The molecule has 1 amide bonds. The number of anilines is 1. The molecule has 0 aliphatic heterocycles. The molecule has 7 heteroatoms. The van der Waals surface area contributed by atoms with E-state index in [1.54, 1.807) is 6.07 Å². The zero-order valence-corrected chi connectivity index (χ0v) is 12.9. The summed E-state index contributed by atoms with van der Waals surface area (Å²) in [6.45, 7) is 1.46. The van der Waals surface area contributed by atoms with E-state index in [0.717, 1.165) is 24.3 Å². The Morgan fingerprint density at radius 3 is 2.43 bits per heavy atom. The summed E-state index contributed by atoms with van der Waals surface area (Å²) >= 11 is 11.5. The second-order valence-electron chi connectivity index (χ2n) is 4.08. The van der Waals surface area contributed by atoms with Gasteiger partial charge < -0.3 is 4.90 Å². The Hall–Kier alpha value is -1.77. The quantitative estimate of drug-likeness (QED) is 0.453. The first-order valence-electron chi connectivity index (χ1n) is 6.37. The molecule has 0 unspecified atom stereocenters. The third-order valence-electron chi connectivity index (χ3n) is 2.61. The fourth-order valence-corrected chi connectivity index (χ4v) is 2.04. The van der Waals surface area contributed by atoms with Gasteiger partial charge in [0.1, 0.15) is 6.42 Å². The molecule has 0 fully saturated rings. The molecular formula is C14H16Cl2N4O. The standard InChI is InChI=1S/C14H16Cl2N4O/c15-6-9-20(10-7-16)13-3-1-12(2-4-13)11-18-19-14(21)5-8-17/h1-4,11H,5-7,9-10H2,(H,19,21)/b18-11+. The van der Waals surface area contributed by atoms with Crippen LogP contribution in [-0.4, -0.2) is 37.0 Å². The maximum absolute atomic E-state index is 11.0. The van der Waals surface area contributed by atoms with Crippen molar-refractivity contribution in [3.05, 3.63) is 29.8 Å². The molecule has 1 N–H and O–H groups in total. The molecule has 1 aromatic rings. The lowest BCUT2D eigenvalue weighted by Gasteiger charge is -2.22. The number of halogens is 2. The number of carbonyl (C=O) groups is 1. The van der Waals surface area contributed by atoms with E-state index in [1.165, 1.54) is 6.21 Å². The minimum absolute atomic E-state index is 0.206. The van der Waals surface area contributed by atoms with E-state index >= 15 is 0 Å². The molecule has 0 saturated heterocycles. The number of nitrogens with one attached hydrogen (secondary N) is 1. The van der Waals surface area contributed by atoms with E-state index in [4.69, 9.17) is 28.5 Å². The first kappa shape index (κ1) is 17.3. The van der Waals surface area contributed by atoms with Crippen LogP contribution >= 0.6 is 23.2 Å². The number of alkyl halides is 2.